The van der Waals surface area contributed by atoms with Crippen LogP contribution in [-0.4, -0.2) is 23.7 Å². The monoisotopic (exact) mass is 316 g/mol. The molecule has 4 nitrogen and oxygen atoms in total. The van der Waals surface area contributed by atoms with E-state index in [0.29, 0.717) is 0 Å². The van der Waals surface area contributed by atoms with Crippen molar-refractivity contribution in [1.82, 2.24) is 0 Å². The third-order valence-electron chi connectivity index (χ3n) is 3.48. The molecule has 1 atom stereocenters. The SMILES string of the molecule is CCOC(=O)C(Cc1cc(Cl)ccc1F)(C(=O)O)C(C)C. The molecule has 0 saturated heterocycles. The van der Waals surface area contributed by atoms with Crippen LogP contribution >= 0.6 is 11.6 Å². The zero-order valence-corrected chi connectivity index (χ0v) is 12.9. The summed E-state index contributed by atoms with van der Waals surface area (Å²) in [7, 11) is 0. The Hall–Kier alpha value is -1.62. The van der Waals surface area contributed by atoms with Crippen molar-refractivity contribution in [2.24, 2.45) is 11.3 Å². The van der Waals surface area contributed by atoms with Crippen molar-refractivity contribution in [3.63, 3.8) is 0 Å². The summed E-state index contributed by atoms with van der Waals surface area (Å²) in [4.78, 5) is 23.9. The highest BCUT2D eigenvalue weighted by atomic mass is 35.5. The van der Waals surface area contributed by atoms with Crippen LogP contribution in [0.1, 0.15) is 26.3 Å². The highest BCUT2D eigenvalue weighted by molar-refractivity contribution is 6.30. The lowest BCUT2D eigenvalue weighted by atomic mass is 9.72. The van der Waals surface area contributed by atoms with Crippen molar-refractivity contribution in [2.75, 3.05) is 6.61 Å². The molecule has 6 heteroatoms. The first-order valence-electron chi connectivity index (χ1n) is 6.60. The number of rotatable bonds is 6. The molecular formula is C15H18ClFO4. The number of aliphatic carboxylic acids is 1. The smallest absolute Gasteiger partial charge is 0.324 e. The third kappa shape index (κ3) is 3.53. The molecular weight excluding hydrogens is 299 g/mol. The van der Waals surface area contributed by atoms with Crippen molar-refractivity contribution >= 4 is 23.5 Å². The Morgan fingerprint density at radius 2 is 2.05 bits per heavy atom. The predicted octanol–water partition coefficient (Wildman–Crippen LogP) is 3.31. The van der Waals surface area contributed by atoms with Crippen molar-refractivity contribution in [3.8, 4) is 0 Å². The van der Waals surface area contributed by atoms with E-state index in [0.717, 1.165) is 6.07 Å². The van der Waals surface area contributed by atoms with Gasteiger partial charge in [-0.3, -0.25) is 9.59 Å². The molecule has 1 aromatic carbocycles. The maximum atomic E-state index is 13.9. The second-order valence-corrected chi connectivity index (χ2v) is 5.50. The van der Waals surface area contributed by atoms with Crippen LogP contribution in [-0.2, 0) is 20.7 Å². The maximum Gasteiger partial charge on any atom is 0.324 e. The average Bonchev–Trinajstić information content (AvgIpc) is 2.39. The average molecular weight is 317 g/mol. The van der Waals surface area contributed by atoms with Crippen molar-refractivity contribution < 1.29 is 23.8 Å². The first-order chi connectivity index (χ1) is 9.75. The Morgan fingerprint density at radius 1 is 1.43 bits per heavy atom. The number of carbonyl (C=O) groups excluding carboxylic acids is 1. The number of hydrogen-bond donors (Lipinski definition) is 1. The predicted molar refractivity (Wildman–Crippen MR) is 76.7 cm³/mol. The van der Waals surface area contributed by atoms with Gasteiger partial charge in [0.2, 0.25) is 0 Å². The zero-order chi connectivity index (χ0) is 16.2. The molecule has 0 saturated carbocycles. The first kappa shape index (κ1) is 17.4. The third-order valence-corrected chi connectivity index (χ3v) is 3.72. The Morgan fingerprint density at radius 3 is 2.52 bits per heavy atom. The van der Waals surface area contributed by atoms with E-state index in [4.69, 9.17) is 16.3 Å². The number of hydrogen-bond acceptors (Lipinski definition) is 3. The molecule has 21 heavy (non-hydrogen) atoms. The molecule has 0 aromatic heterocycles. The van der Waals surface area contributed by atoms with Crippen molar-refractivity contribution in [1.29, 1.82) is 0 Å². The highest BCUT2D eigenvalue weighted by Gasteiger charge is 2.50. The fraction of sp³-hybridized carbons (Fsp3) is 0.467. The van der Waals surface area contributed by atoms with Crippen molar-refractivity contribution in [3.05, 3.63) is 34.6 Å². The number of ether oxygens (including phenoxy) is 1. The fourth-order valence-corrected chi connectivity index (χ4v) is 2.36. The largest absolute Gasteiger partial charge is 0.480 e. The first-order valence-corrected chi connectivity index (χ1v) is 6.98. The van der Waals surface area contributed by atoms with E-state index in [1.54, 1.807) is 20.8 Å². The number of halogens is 2. The molecule has 0 amide bonds. The molecule has 0 aliphatic heterocycles. The molecule has 0 heterocycles. The van der Waals surface area contributed by atoms with Crippen LogP contribution in [0.4, 0.5) is 4.39 Å². The molecule has 1 N–H and O–H groups in total. The van der Waals surface area contributed by atoms with Gasteiger partial charge in [0, 0.05) is 11.4 Å². The topological polar surface area (TPSA) is 63.6 Å². The highest BCUT2D eigenvalue weighted by Crippen LogP contribution is 2.35. The van der Waals surface area contributed by atoms with E-state index < -0.39 is 29.1 Å². The molecule has 1 aromatic rings. The van der Waals surface area contributed by atoms with Gasteiger partial charge < -0.3 is 9.84 Å². The van der Waals surface area contributed by atoms with E-state index in [9.17, 15) is 19.1 Å². The van der Waals surface area contributed by atoms with Crippen LogP contribution in [0.25, 0.3) is 0 Å². The molecule has 0 aliphatic carbocycles. The Kier molecular flexibility index (Phi) is 5.72. The molecule has 1 unspecified atom stereocenters. The second kappa shape index (κ2) is 6.89. The molecule has 0 spiro atoms. The number of benzene rings is 1. The van der Waals surface area contributed by atoms with Gasteiger partial charge in [-0.1, -0.05) is 25.4 Å². The van der Waals surface area contributed by atoms with Crippen LogP contribution in [0.15, 0.2) is 18.2 Å². The summed E-state index contributed by atoms with van der Waals surface area (Å²) in [6, 6.07) is 3.84. The number of carbonyl (C=O) groups is 2. The van der Waals surface area contributed by atoms with Crippen LogP contribution in [0.2, 0.25) is 5.02 Å². The number of carboxylic acid groups (broad SMARTS) is 1. The minimum Gasteiger partial charge on any atom is -0.480 e. The summed E-state index contributed by atoms with van der Waals surface area (Å²) in [6.07, 6.45) is -0.314. The van der Waals surface area contributed by atoms with Gasteiger partial charge in [0.15, 0.2) is 5.41 Å². The second-order valence-electron chi connectivity index (χ2n) is 5.06. The van der Waals surface area contributed by atoms with Crippen LogP contribution in [0, 0.1) is 17.2 Å². The van der Waals surface area contributed by atoms with E-state index in [1.165, 1.54) is 12.1 Å². The quantitative estimate of drug-likeness (QED) is 0.646. The molecule has 116 valence electrons. The minimum atomic E-state index is -1.85. The maximum absolute atomic E-state index is 13.9. The normalized spacial score (nSPS) is 13.8. The molecule has 0 bridgehead atoms. The van der Waals surface area contributed by atoms with E-state index in [-0.39, 0.29) is 23.6 Å². The van der Waals surface area contributed by atoms with Gasteiger partial charge in [-0.15, -0.1) is 0 Å². The van der Waals surface area contributed by atoms with Gasteiger partial charge >= 0.3 is 11.9 Å². The van der Waals surface area contributed by atoms with Gasteiger partial charge in [-0.05, 0) is 36.6 Å². The van der Waals surface area contributed by atoms with E-state index in [1.807, 2.05) is 0 Å². The summed E-state index contributed by atoms with van der Waals surface area (Å²) < 4.78 is 18.8. The van der Waals surface area contributed by atoms with Gasteiger partial charge in [0.05, 0.1) is 6.61 Å². The van der Waals surface area contributed by atoms with Gasteiger partial charge in [0.25, 0.3) is 0 Å². The van der Waals surface area contributed by atoms with Crippen LogP contribution in [0.5, 0.6) is 0 Å². The van der Waals surface area contributed by atoms with E-state index >= 15 is 0 Å². The Balaban J connectivity index is 3.33. The minimum absolute atomic E-state index is 0.0542. The lowest BCUT2D eigenvalue weighted by Crippen LogP contribution is -2.47. The number of carboxylic acids is 1. The summed E-state index contributed by atoms with van der Waals surface area (Å²) in [5.41, 5.74) is -1.77. The molecule has 0 fully saturated rings. The van der Waals surface area contributed by atoms with Crippen LogP contribution < -0.4 is 0 Å². The van der Waals surface area contributed by atoms with Gasteiger partial charge in [0.1, 0.15) is 5.82 Å². The Bertz CT molecular complexity index is 544. The van der Waals surface area contributed by atoms with E-state index in [2.05, 4.69) is 0 Å². The van der Waals surface area contributed by atoms with Crippen LogP contribution in [0.3, 0.4) is 0 Å². The standard InChI is InChI=1S/C15H18ClFO4/c1-4-21-14(20)15(9(2)3,13(18)19)8-10-7-11(16)5-6-12(10)17/h5-7,9H,4,8H2,1-3H3,(H,18,19). The molecule has 0 radical (unpaired) electrons. The number of esters is 1. The van der Waals surface area contributed by atoms with Gasteiger partial charge in [-0.25, -0.2) is 4.39 Å². The lowest BCUT2D eigenvalue weighted by Gasteiger charge is -2.31. The lowest BCUT2D eigenvalue weighted by molar-refractivity contribution is -0.172. The summed E-state index contributed by atoms with van der Waals surface area (Å²) in [5, 5.41) is 9.83. The fourth-order valence-electron chi connectivity index (χ4n) is 2.16. The van der Waals surface area contributed by atoms with Gasteiger partial charge in [-0.2, -0.15) is 0 Å². The zero-order valence-electron chi connectivity index (χ0n) is 12.2. The Labute approximate surface area is 127 Å². The molecule has 0 aliphatic rings. The summed E-state index contributed by atoms with van der Waals surface area (Å²) >= 11 is 5.82. The summed E-state index contributed by atoms with van der Waals surface area (Å²) in [6.45, 7) is 4.82. The van der Waals surface area contributed by atoms with Crippen molar-refractivity contribution in [2.45, 2.75) is 27.2 Å². The summed E-state index contributed by atoms with van der Waals surface area (Å²) in [5.74, 6) is -3.38. The molecule has 1 rings (SSSR count).